The molecule has 0 aliphatic rings. The zero-order chi connectivity index (χ0) is 19.9. The standard InChI is InChI=1S/C22H24N4O2/c1-16-10-12-26(15-19-14-24-17(2)13-25-19)22(28)20(16)21(27)23-11-6-9-18-7-4-3-5-8-18/h3-5,7-8,10,12-14H,6,9,11,15H2,1-2H3,(H,23,27). The SMILES string of the molecule is Cc1cnc(Cn2ccc(C)c(C(=O)NCCCc3ccccc3)c2=O)cn1. The minimum Gasteiger partial charge on any atom is -0.352 e. The first-order valence-corrected chi connectivity index (χ1v) is 9.34. The third-order valence-electron chi connectivity index (χ3n) is 4.54. The lowest BCUT2D eigenvalue weighted by Crippen LogP contribution is -2.34. The van der Waals surface area contributed by atoms with E-state index in [2.05, 4.69) is 27.4 Å². The van der Waals surface area contributed by atoms with Crippen molar-refractivity contribution in [2.45, 2.75) is 33.2 Å². The number of amides is 1. The third-order valence-corrected chi connectivity index (χ3v) is 4.54. The lowest BCUT2D eigenvalue weighted by atomic mass is 10.1. The Kier molecular flexibility index (Phi) is 6.32. The minimum absolute atomic E-state index is 0.183. The molecule has 1 amide bonds. The second-order valence-electron chi connectivity index (χ2n) is 6.80. The van der Waals surface area contributed by atoms with Crippen molar-refractivity contribution in [2.75, 3.05) is 6.54 Å². The van der Waals surface area contributed by atoms with Crippen LogP contribution in [0.5, 0.6) is 0 Å². The predicted octanol–water partition coefficient (Wildman–Crippen LogP) is 2.67. The van der Waals surface area contributed by atoms with Gasteiger partial charge in [0.25, 0.3) is 11.5 Å². The zero-order valence-corrected chi connectivity index (χ0v) is 16.2. The number of aromatic nitrogens is 3. The molecule has 28 heavy (non-hydrogen) atoms. The number of nitrogens with one attached hydrogen (secondary N) is 1. The summed E-state index contributed by atoms with van der Waals surface area (Å²) in [6, 6.07) is 11.9. The van der Waals surface area contributed by atoms with Crippen molar-refractivity contribution in [3.63, 3.8) is 0 Å². The molecule has 1 aromatic carbocycles. The number of carbonyl (C=O) groups excluding carboxylic acids is 1. The highest BCUT2D eigenvalue weighted by atomic mass is 16.2. The molecule has 0 atom stereocenters. The Bertz CT molecular complexity index is 995. The number of hydrogen-bond acceptors (Lipinski definition) is 4. The highest BCUT2D eigenvalue weighted by Gasteiger charge is 2.15. The van der Waals surface area contributed by atoms with E-state index in [4.69, 9.17) is 0 Å². The van der Waals surface area contributed by atoms with Crippen LogP contribution in [0.15, 0.2) is 59.8 Å². The predicted molar refractivity (Wildman–Crippen MR) is 108 cm³/mol. The molecule has 0 fully saturated rings. The van der Waals surface area contributed by atoms with E-state index in [1.165, 1.54) is 10.1 Å². The first-order chi connectivity index (χ1) is 13.5. The highest BCUT2D eigenvalue weighted by Crippen LogP contribution is 2.05. The second-order valence-corrected chi connectivity index (χ2v) is 6.80. The van der Waals surface area contributed by atoms with E-state index in [0.717, 1.165) is 18.5 Å². The molecule has 6 nitrogen and oxygen atoms in total. The summed E-state index contributed by atoms with van der Waals surface area (Å²) in [5.41, 5.74) is 3.25. The van der Waals surface area contributed by atoms with E-state index in [1.54, 1.807) is 31.6 Å². The molecule has 0 radical (unpaired) electrons. The Balaban J connectivity index is 1.66. The van der Waals surface area contributed by atoms with E-state index in [0.29, 0.717) is 17.8 Å². The fraction of sp³-hybridized carbons (Fsp3) is 0.273. The first kappa shape index (κ1) is 19.5. The van der Waals surface area contributed by atoms with Crippen molar-refractivity contribution in [3.8, 4) is 0 Å². The van der Waals surface area contributed by atoms with Crippen molar-refractivity contribution in [1.82, 2.24) is 19.9 Å². The van der Waals surface area contributed by atoms with Crippen molar-refractivity contribution in [1.29, 1.82) is 0 Å². The molecule has 2 heterocycles. The molecule has 3 aromatic rings. The number of nitrogens with zero attached hydrogens (tertiary/aromatic N) is 3. The smallest absolute Gasteiger partial charge is 0.264 e. The maximum absolute atomic E-state index is 12.8. The Hall–Kier alpha value is -3.28. The monoisotopic (exact) mass is 376 g/mol. The number of carbonyl (C=O) groups is 1. The van der Waals surface area contributed by atoms with Gasteiger partial charge in [0.2, 0.25) is 0 Å². The van der Waals surface area contributed by atoms with Crippen molar-refractivity contribution in [2.24, 2.45) is 0 Å². The van der Waals surface area contributed by atoms with Gasteiger partial charge in [-0.05, 0) is 43.9 Å². The molecule has 0 saturated heterocycles. The maximum Gasteiger partial charge on any atom is 0.264 e. The van der Waals surface area contributed by atoms with Gasteiger partial charge in [0, 0.05) is 18.9 Å². The van der Waals surface area contributed by atoms with Crippen LogP contribution in [0.25, 0.3) is 0 Å². The van der Waals surface area contributed by atoms with Crippen LogP contribution < -0.4 is 10.9 Å². The van der Waals surface area contributed by atoms with Gasteiger partial charge in [-0.2, -0.15) is 0 Å². The number of benzene rings is 1. The Morgan fingerprint density at radius 2 is 1.86 bits per heavy atom. The lowest BCUT2D eigenvalue weighted by Gasteiger charge is -2.11. The number of aryl methyl sites for hydroxylation is 3. The summed E-state index contributed by atoms with van der Waals surface area (Å²) >= 11 is 0. The van der Waals surface area contributed by atoms with Crippen molar-refractivity contribution < 1.29 is 4.79 Å². The normalized spacial score (nSPS) is 10.6. The van der Waals surface area contributed by atoms with Crippen LogP contribution in [0.2, 0.25) is 0 Å². The fourth-order valence-corrected chi connectivity index (χ4v) is 2.97. The molecule has 0 saturated carbocycles. The van der Waals surface area contributed by atoms with Gasteiger partial charge in [-0.15, -0.1) is 0 Å². The van der Waals surface area contributed by atoms with Crippen LogP contribution in [0, 0.1) is 13.8 Å². The molecule has 0 spiro atoms. The van der Waals surface area contributed by atoms with Gasteiger partial charge in [0.05, 0.1) is 24.1 Å². The summed E-state index contributed by atoms with van der Waals surface area (Å²) in [5, 5.41) is 2.87. The van der Waals surface area contributed by atoms with Gasteiger partial charge in [-0.3, -0.25) is 19.6 Å². The summed E-state index contributed by atoms with van der Waals surface area (Å²) in [5.74, 6) is -0.333. The van der Waals surface area contributed by atoms with Crippen molar-refractivity contribution >= 4 is 5.91 Å². The fourth-order valence-electron chi connectivity index (χ4n) is 2.97. The molecule has 6 heteroatoms. The van der Waals surface area contributed by atoms with Gasteiger partial charge in [0.1, 0.15) is 5.56 Å². The van der Waals surface area contributed by atoms with Crippen molar-refractivity contribution in [3.05, 3.63) is 93.4 Å². The molecule has 2 aromatic heterocycles. The van der Waals surface area contributed by atoms with E-state index in [9.17, 15) is 9.59 Å². The summed E-state index contributed by atoms with van der Waals surface area (Å²) in [6.45, 7) is 4.43. The molecule has 0 aliphatic carbocycles. The van der Waals surface area contributed by atoms with Crippen LogP contribution in [0.3, 0.4) is 0 Å². The van der Waals surface area contributed by atoms with Gasteiger partial charge in [-0.25, -0.2) is 0 Å². The van der Waals surface area contributed by atoms with Gasteiger partial charge >= 0.3 is 0 Å². The van der Waals surface area contributed by atoms with Crippen LogP contribution in [-0.4, -0.2) is 27.0 Å². The summed E-state index contributed by atoms with van der Waals surface area (Å²) in [6.07, 6.45) is 6.69. The minimum atomic E-state index is -0.333. The van der Waals surface area contributed by atoms with E-state index in [1.807, 2.05) is 25.1 Å². The van der Waals surface area contributed by atoms with Gasteiger partial charge < -0.3 is 9.88 Å². The molecular weight excluding hydrogens is 352 g/mol. The average molecular weight is 376 g/mol. The molecule has 144 valence electrons. The molecule has 0 aliphatic heterocycles. The Morgan fingerprint density at radius 3 is 2.57 bits per heavy atom. The zero-order valence-electron chi connectivity index (χ0n) is 16.2. The maximum atomic E-state index is 12.8. The van der Waals surface area contributed by atoms with Crippen LogP contribution in [0.1, 0.15) is 39.3 Å². The highest BCUT2D eigenvalue weighted by molar-refractivity contribution is 5.95. The van der Waals surface area contributed by atoms with E-state index in [-0.39, 0.29) is 23.6 Å². The van der Waals surface area contributed by atoms with Crippen LogP contribution in [-0.2, 0) is 13.0 Å². The third kappa shape index (κ3) is 4.91. The van der Waals surface area contributed by atoms with Gasteiger partial charge in [-0.1, -0.05) is 30.3 Å². The lowest BCUT2D eigenvalue weighted by molar-refractivity contribution is 0.0950. The molecule has 0 unspecified atom stereocenters. The van der Waals surface area contributed by atoms with Gasteiger partial charge in [0.15, 0.2) is 0 Å². The van der Waals surface area contributed by atoms with Crippen LogP contribution in [0.4, 0.5) is 0 Å². The van der Waals surface area contributed by atoms with Crippen LogP contribution >= 0.6 is 0 Å². The number of rotatable bonds is 7. The molecule has 0 bridgehead atoms. The quantitative estimate of drug-likeness (QED) is 0.643. The second kappa shape index (κ2) is 9.08. The summed E-state index contributed by atoms with van der Waals surface area (Å²) < 4.78 is 1.49. The first-order valence-electron chi connectivity index (χ1n) is 9.34. The molecule has 3 rings (SSSR count). The molecular formula is C22H24N4O2. The topological polar surface area (TPSA) is 76.9 Å². The average Bonchev–Trinajstić information content (AvgIpc) is 2.70. The number of pyridine rings is 1. The largest absolute Gasteiger partial charge is 0.352 e. The number of hydrogen-bond donors (Lipinski definition) is 1. The summed E-state index contributed by atoms with van der Waals surface area (Å²) in [7, 11) is 0. The Morgan fingerprint density at radius 1 is 1.07 bits per heavy atom. The van der Waals surface area contributed by atoms with E-state index >= 15 is 0 Å². The molecule has 1 N–H and O–H groups in total. The summed E-state index contributed by atoms with van der Waals surface area (Å²) in [4.78, 5) is 33.9. The Labute approximate surface area is 164 Å². The van der Waals surface area contributed by atoms with E-state index < -0.39 is 0 Å².